The van der Waals surface area contributed by atoms with Crippen molar-refractivity contribution < 1.29 is 14.3 Å². The monoisotopic (exact) mass is 497 g/mol. The van der Waals surface area contributed by atoms with Gasteiger partial charge in [-0.2, -0.15) is 11.8 Å². The molecule has 6 nitrogen and oxygen atoms in total. The minimum absolute atomic E-state index is 0.226. The highest BCUT2D eigenvalue weighted by Gasteiger charge is 2.24. The van der Waals surface area contributed by atoms with Crippen molar-refractivity contribution in [3.8, 4) is 21.8 Å². The number of hydrogen-bond acceptors (Lipinski definition) is 6. The molecule has 34 heavy (non-hydrogen) atoms. The van der Waals surface area contributed by atoms with Crippen LogP contribution in [0.1, 0.15) is 32.8 Å². The van der Waals surface area contributed by atoms with E-state index < -0.39 is 17.7 Å². The summed E-state index contributed by atoms with van der Waals surface area (Å²) >= 11 is 3.23. The van der Waals surface area contributed by atoms with Crippen molar-refractivity contribution in [2.75, 3.05) is 12.0 Å². The summed E-state index contributed by atoms with van der Waals surface area (Å²) in [4.78, 5) is 29.7. The second-order valence-electron chi connectivity index (χ2n) is 8.80. The highest BCUT2D eigenvalue weighted by atomic mass is 32.2. The summed E-state index contributed by atoms with van der Waals surface area (Å²) in [6.07, 6.45) is 1.91. The van der Waals surface area contributed by atoms with E-state index in [1.165, 1.54) is 0 Å². The van der Waals surface area contributed by atoms with Gasteiger partial charge in [0, 0.05) is 23.1 Å². The van der Waals surface area contributed by atoms with Gasteiger partial charge >= 0.3 is 6.09 Å². The summed E-state index contributed by atoms with van der Waals surface area (Å²) in [6.45, 7) is 5.75. The van der Waals surface area contributed by atoms with Crippen LogP contribution in [0, 0.1) is 0 Å². The Balaban J connectivity index is 1.58. The van der Waals surface area contributed by atoms with Gasteiger partial charge in [-0.1, -0.05) is 54.6 Å². The van der Waals surface area contributed by atoms with Crippen molar-refractivity contribution in [2.45, 2.75) is 45.4 Å². The fourth-order valence-electron chi connectivity index (χ4n) is 3.18. The molecule has 0 aliphatic rings. The number of thioether (sulfide) groups is 1. The molecular weight excluding hydrogens is 466 g/mol. The smallest absolute Gasteiger partial charge is 0.408 e. The third-order valence-electron chi connectivity index (χ3n) is 4.86. The van der Waals surface area contributed by atoms with E-state index in [4.69, 9.17) is 9.72 Å². The Labute approximate surface area is 209 Å². The number of hydrogen-bond donors (Lipinski definition) is 2. The zero-order chi connectivity index (χ0) is 24.6. The fourth-order valence-corrected chi connectivity index (χ4v) is 4.49. The number of carbonyl (C=O) groups excluding carboxylic acids is 2. The van der Waals surface area contributed by atoms with Crippen molar-refractivity contribution in [3.05, 3.63) is 65.5 Å². The minimum Gasteiger partial charge on any atom is -0.444 e. The number of nitrogens with one attached hydrogen (secondary N) is 2. The molecule has 0 saturated heterocycles. The lowest BCUT2D eigenvalue weighted by Gasteiger charge is -2.23. The van der Waals surface area contributed by atoms with Gasteiger partial charge in [0.15, 0.2) is 0 Å². The van der Waals surface area contributed by atoms with E-state index in [2.05, 4.69) is 28.1 Å². The number of thiazole rings is 1. The average Bonchev–Trinajstić information content (AvgIpc) is 3.30. The molecule has 2 aromatic carbocycles. The Hall–Kier alpha value is -2.84. The van der Waals surface area contributed by atoms with Gasteiger partial charge in [0.1, 0.15) is 16.7 Å². The van der Waals surface area contributed by atoms with Crippen LogP contribution in [0.4, 0.5) is 4.79 Å². The Morgan fingerprint density at radius 1 is 1.06 bits per heavy atom. The third-order valence-corrected chi connectivity index (χ3v) is 6.39. The lowest BCUT2D eigenvalue weighted by molar-refractivity contribution is -0.123. The van der Waals surface area contributed by atoms with Crippen molar-refractivity contribution >= 4 is 35.1 Å². The van der Waals surface area contributed by atoms with E-state index in [9.17, 15) is 9.59 Å². The standard InChI is InChI=1S/C26H31N3O3S2/c1-26(2,3)32-25(31)29-21(14-15-33-4)23(30)27-16-18-10-12-20(13-11-18)24-28-22(17-34-24)19-8-6-5-7-9-19/h5-13,17,21H,14-16H2,1-4H3,(H,27,30)(H,29,31). The number of amides is 2. The first kappa shape index (κ1) is 25.8. The van der Waals surface area contributed by atoms with E-state index in [-0.39, 0.29) is 5.91 Å². The molecule has 0 bridgehead atoms. The maximum atomic E-state index is 12.8. The molecule has 0 spiro atoms. The van der Waals surface area contributed by atoms with Crippen LogP contribution >= 0.6 is 23.1 Å². The maximum Gasteiger partial charge on any atom is 0.408 e. The molecular formula is C26H31N3O3S2. The van der Waals surface area contributed by atoms with Gasteiger partial charge in [-0.15, -0.1) is 11.3 Å². The molecule has 1 heterocycles. The first-order chi connectivity index (χ1) is 16.2. The summed E-state index contributed by atoms with van der Waals surface area (Å²) in [6, 6.07) is 17.5. The van der Waals surface area contributed by atoms with Crippen LogP contribution in [0.25, 0.3) is 21.8 Å². The Bertz CT molecular complexity index is 1080. The van der Waals surface area contributed by atoms with Gasteiger partial charge < -0.3 is 15.4 Å². The van der Waals surface area contributed by atoms with E-state index in [0.29, 0.717) is 13.0 Å². The number of nitrogens with zero attached hydrogens (tertiary/aromatic N) is 1. The zero-order valence-corrected chi connectivity index (χ0v) is 21.6. The van der Waals surface area contributed by atoms with Gasteiger partial charge in [0.05, 0.1) is 5.69 Å². The van der Waals surface area contributed by atoms with Crippen molar-refractivity contribution in [1.82, 2.24) is 15.6 Å². The lowest BCUT2D eigenvalue weighted by Crippen LogP contribution is -2.48. The number of rotatable bonds is 9. The predicted molar refractivity (Wildman–Crippen MR) is 141 cm³/mol. The first-order valence-corrected chi connectivity index (χ1v) is 13.4. The first-order valence-electron chi connectivity index (χ1n) is 11.1. The van der Waals surface area contributed by atoms with Crippen LogP contribution in [-0.2, 0) is 16.1 Å². The normalized spacial score (nSPS) is 12.1. The second kappa shape index (κ2) is 12.0. The summed E-state index contributed by atoms with van der Waals surface area (Å²) in [5.41, 5.74) is 3.45. The molecule has 2 amide bonds. The SMILES string of the molecule is CSCCC(NC(=O)OC(C)(C)C)C(=O)NCc1ccc(-c2nc(-c3ccccc3)cs2)cc1. The molecule has 3 aromatic rings. The van der Waals surface area contributed by atoms with Gasteiger partial charge in [0.2, 0.25) is 5.91 Å². The number of aromatic nitrogens is 1. The number of alkyl carbamates (subject to hydrolysis) is 1. The van der Waals surface area contributed by atoms with E-state index in [0.717, 1.165) is 33.1 Å². The molecule has 1 unspecified atom stereocenters. The maximum absolute atomic E-state index is 12.8. The second-order valence-corrected chi connectivity index (χ2v) is 10.6. The van der Waals surface area contributed by atoms with Crippen molar-refractivity contribution in [2.24, 2.45) is 0 Å². The van der Waals surface area contributed by atoms with Crippen LogP contribution in [0.3, 0.4) is 0 Å². The molecule has 1 atom stereocenters. The molecule has 0 radical (unpaired) electrons. The molecule has 0 aliphatic carbocycles. The largest absolute Gasteiger partial charge is 0.444 e. The highest BCUT2D eigenvalue weighted by Crippen LogP contribution is 2.28. The molecule has 0 fully saturated rings. The Morgan fingerprint density at radius 2 is 1.76 bits per heavy atom. The van der Waals surface area contributed by atoms with Gasteiger partial charge in [0.25, 0.3) is 0 Å². The number of benzene rings is 2. The molecule has 180 valence electrons. The topological polar surface area (TPSA) is 80.3 Å². The molecule has 1 aromatic heterocycles. The minimum atomic E-state index is -0.645. The van der Waals surface area contributed by atoms with E-state index >= 15 is 0 Å². The van der Waals surface area contributed by atoms with E-state index in [1.54, 1.807) is 43.9 Å². The van der Waals surface area contributed by atoms with Crippen LogP contribution in [0.15, 0.2) is 60.0 Å². The molecule has 2 N–H and O–H groups in total. The Kier molecular flexibility index (Phi) is 9.12. The summed E-state index contributed by atoms with van der Waals surface area (Å²) in [5, 5.41) is 8.64. The average molecular weight is 498 g/mol. The fraction of sp³-hybridized carbons (Fsp3) is 0.346. The van der Waals surface area contributed by atoms with Crippen LogP contribution in [0.2, 0.25) is 0 Å². The molecule has 0 saturated carbocycles. The van der Waals surface area contributed by atoms with Crippen LogP contribution < -0.4 is 10.6 Å². The lowest BCUT2D eigenvalue weighted by atomic mass is 10.1. The molecule has 0 aliphatic heterocycles. The van der Waals surface area contributed by atoms with Crippen molar-refractivity contribution in [3.63, 3.8) is 0 Å². The zero-order valence-electron chi connectivity index (χ0n) is 20.0. The van der Waals surface area contributed by atoms with Crippen LogP contribution in [0.5, 0.6) is 0 Å². The quantitative estimate of drug-likeness (QED) is 0.394. The van der Waals surface area contributed by atoms with Crippen LogP contribution in [-0.4, -0.2) is 40.6 Å². The third kappa shape index (κ3) is 7.88. The summed E-state index contributed by atoms with van der Waals surface area (Å²) in [5.74, 6) is 0.526. The van der Waals surface area contributed by atoms with Gasteiger partial charge in [-0.3, -0.25) is 4.79 Å². The van der Waals surface area contributed by atoms with Gasteiger partial charge in [-0.25, -0.2) is 9.78 Å². The van der Waals surface area contributed by atoms with Gasteiger partial charge in [-0.05, 0) is 44.8 Å². The summed E-state index contributed by atoms with van der Waals surface area (Å²) < 4.78 is 5.30. The number of ether oxygens (including phenoxy) is 1. The Morgan fingerprint density at radius 3 is 2.41 bits per heavy atom. The van der Waals surface area contributed by atoms with E-state index in [1.807, 2.05) is 48.7 Å². The molecule has 3 rings (SSSR count). The van der Waals surface area contributed by atoms with Crippen molar-refractivity contribution in [1.29, 1.82) is 0 Å². The molecule has 8 heteroatoms. The summed E-state index contributed by atoms with van der Waals surface area (Å²) in [7, 11) is 0. The predicted octanol–water partition coefficient (Wildman–Crippen LogP) is 5.74. The highest BCUT2D eigenvalue weighted by molar-refractivity contribution is 7.98. The number of carbonyl (C=O) groups is 2.